The van der Waals surface area contributed by atoms with E-state index in [0.29, 0.717) is 5.56 Å². The normalized spacial score (nSPS) is 15.8. The van der Waals surface area contributed by atoms with E-state index < -0.39 is 35.8 Å². The quantitative estimate of drug-likeness (QED) is 0.513. The van der Waals surface area contributed by atoms with Gasteiger partial charge >= 0.3 is 18.2 Å². The first-order valence-electron chi connectivity index (χ1n) is 9.13. The maximum absolute atomic E-state index is 13.1. The van der Waals surface area contributed by atoms with Gasteiger partial charge in [0.25, 0.3) is 5.91 Å². The molecule has 2 amide bonds. The van der Waals surface area contributed by atoms with Gasteiger partial charge in [-0.15, -0.1) is 0 Å². The van der Waals surface area contributed by atoms with Gasteiger partial charge in [0.05, 0.1) is 12.7 Å². The molecule has 1 aliphatic rings. The third-order valence-electron chi connectivity index (χ3n) is 4.38. The van der Waals surface area contributed by atoms with E-state index in [1.165, 1.54) is 18.2 Å². The van der Waals surface area contributed by atoms with Gasteiger partial charge in [0, 0.05) is 6.42 Å². The van der Waals surface area contributed by atoms with Gasteiger partial charge in [-0.2, -0.15) is 13.2 Å². The Morgan fingerprint density at radius 1 is 1.19 bits per heavy atom. The van der Waals surface area contributed by atoms with E-state index in [9.17, 15) is 27.6 Å². The number of rotatable bonds is 6. The maximum Gasteiger partial charge on any atom is 0.419 e. The van der Waals surface area contributed by atoms with E-state index in [4.69, 9.17) is 15.2 Å². The Kier molecular flexibility index (Phi) is 6.49. The van der Waals surface area contributed by atoms with Crippen molar-refractivity contribution in [2.75, 3.05) is 7.11 Å². The van der Waals surface area contributed by atoms with Crippen LogP contribution >= 0.6 is 0 Å². The summed E-state index contributed by atoms with van der Waals surface area (Å²) in [6.45, 7) is 0. The molecule has 1 saturated heterocycles. The molecule has 0 radical (unpaired) electrons. The zero-order chi connectivity index (χ0) is 23.5. The van der Waals surface area contributed by atoms with Crippen LogP contribution in [-0.2, 0) is 31.7 Å². The van der Waals surface area contributed by atoms with Crippen molar-refractivity contribution in [3.8, 4) is 11.5 Å². The van der Waals surface area contributed by atoms with E-state index in [1.54, 1.807) is 12.1 Å². The van der Waals surface area contributed by atoms with Crippen molar-refractivity contribution in [1.82, 2.24) is 5.32 Å². The monoisotopic (exact) mass is 450 g/mol. The molecule has 0 bridgehead atoms. The fourth-order valence-electron chi connectivity index (χ4n) is 2.82. The van der Waals surface area contributed by atoms with Crippen molar-refractivity contribution in [1.29, 1.82) is 0 Å². The lowest BCUT2D eigenvalue weighted by Crippen LogP contribution is -2.33. The number of ether oxygens (including phenoxy) is 3. The highest BCUT2D eigenvalue weighted by molar-refractivity contribution is 6.09. The number of cyclic esters (lactones) is 1. The molecule has 1 unspecified atom stereocenters. The number of hydrogen-bond donors (Lipinski definition) is 2. The molecule has 3 rings (SSSR count). The summed E-state index contributed by atoms with van der Waals surface area (Å²) in [4.78, 5) is 34.2. The Morgan fingerprint density at radius 3 is 2.44 bits per heavy atom. The molecule has 1 fully saturated rings. The number of halogens is 3. The van der Waals surface area contributed by atoms with Crippen LogP contribution in [0.25, 0.3) is 6.08 Å². The minimum Gasteiger partial charge on any atom is -0.468 e. The van der Waals surface area contributed by atoms with Crippen LogP contribution in [0.5, 0.6) is 11.5 Å². The van der Waals surface area contributed by atoms with Gasteiger partial charge in [-0.25, -0.2) is 4.79 Å². The Labute approximate surface area is 179 Å². The van der Waals surface area contributed by atoms with Crippen molar-refractivity contribution < 1.29 is 41.8 Å². The summed E-state index contributed by atoms with van der Waals surface area (Å²) >= 11 is 0. The first kappa shape index (κ1) is 22.8. The number of benzene rings is 2. The lowest BCUT2D eigenvalue weighted by atomic mass is 10.0. The minimum absolute atomic E-state index is 0.0680. The highest BCUT2D eigenvalue weighted by Crippen LogP contribution is 2.35. The summed E-state index contributed by atoms with van der Waals surface area (Å²) in [6.07, 6.45) is -4.37. The SMILES string of the molecule is COC(=O)C(N)Cc1cc(C(F)(F)F)ccc1Oc1ccc(/C=C2\OC(=O)NC2=O)cc1. The largest absolute Gasteiger partial charge is 0.468 e. The van der Waals surface area contributed by atoms with E-state index >= 15 is 0 Å². The number of amides is 2. The Hall–Kier alpha value is -3.86. The molecule has 0 saturated carbocycles. The van der Waals surface area contributed by atoms with Crippen molar-refractivity contribution in [2.24, 2.45) is 5.73 Å². The molecule has 8 nitrogen and oxygen atoms in total. The molecule has 2 aromatic rings. The van der Waals surface area contributed by atoms with Crippen LogP contribution in [0.1, 0.15) is 16.7 Å². The third kappa shape index (κ3) is 5.43. The smallest absolute Gasteiger partial charge is 0.419 e. The number of methoxy groups -OCH3 is 1. The molecular formula is C21H17F3N2O6. The standard InChI is InChI=1S/C21H17F3N2O6/c1-30-19(28)15(25)10-12-9-13(21(22,23)24)4-7-16(12)31-14-5-2-11(3-6-14)8-17-18(27)26-20(29)32-17/h2-9,15H,10,25H2,1H3,(H,26,27,29)/b17-8-. The molecule has 32 heavy (non-hydrogen) atoms. The average Bonchev–Trinajstić information content (AvgIpc) is 3.05. The molecule has 1 atom stereocenters. The predicted molar refractivity (Wildman–Crippen MR) is 104 cm³/mol. The second-order valence-electron chi connectivity index (χ2n) is 6.68. The number of nitrogens with one attached hydrogen (secondary N) is 1. The van der Waals surface area contributed by atoms with Gasteiger partial charge in [-0.3, -0.25) is 14.9 Å². The number of esters is 1. The molecule has 0 aromatic heterocycles. The van der Waals surface area contributed by atoms with Gasteiger partial charge in [-0.05, 0) is 47.5 Å². The van der Waals surface area contributed by atoms with Crippen molar-refractivity contribution >= 4 is 24.0 Å². The number of carbonyl (C=O) groups is 3. The van der Waals surface area contributed by atoms with E-state index in [2.05, 4.69) is 4.74 Å². The fourth-order valence-corrected chi connectivity index (χ4v) is 2.82. The summed E-state index contributed by atoms with van der Waals surface area (Å²) < 4.78 is 54.3. The van der Waals surface area contributed by atoms with E-state index in [-0.39, 0.29) is 29.2 Å². The average molecular weight is 450 g/mol. The molecule has 3 N–H and O–H groups in total. The number of imide groups is 1. The number of nitrogens with two attached hydrogens (primary N) is 1. The fraction of sp³-hybridized carbons (Fsp3) is 0.190. The molecule has 1 aliphatic heterocycles. The second-order valence-corrected chi connectivity index (χ2v) is 6.68. The second kappa shape index (κ2) is 9.10. The van der Waals surface area contributed by atoms with Crippen LogP contribution in [0.3, 0.4) is 0 Å². The Morgan fingerprint density at radius 2 is 1.88 bits per heavy atom. The molecule has 168 valence electrons. The van der Waals surface area contributed by atoms with Gasteiger partial charge in [0.1, 0.15) is 17.5 Å². The first-order valence-corrected chi connectivity index (χ1v) is 9.13. The number of alkyl carbamates (subject to hydrolysis) is 1. The number of hydrogen-bond acceptors (Lipinski definition) is 7. The van der Waals surface area contributed by atoms with Gasteiger partial charge in [-0.1, -0.05) is 12.1 Å². The Bertz CT molecular complexity index is 1080. The van der Waals surface area contributed by atoms with Crippen LogP contribution in [0.4, 0.5) is 18.0 Å². The predicted octanol–water partition coefficient (Wildman–Crippen LogP) is 3.15. The lowest BCUT2D eigenvalue weighted by Gasteiger charge is -2.16. The van der Waals surface area contributed by atoms with Crippen LogP contribution in [0.2, 0.25) is 0 Å². The van der Waals surface area contributed by atoms with E-state index in [0.717, 1.165) is 25.3 Å². The maximum atomic E-state index is 13.1. The zero-order valence-electron chi connectivity index (χ0n) is 16.6. The van der Waals surface area contributed by atoms with Crippen molar-refractivity contribution in [3.63, 3.8) is 0 Å². The summed E-state index contributed by atoms with van der Waals surface area (Å²) in [5.41, 5.74) is 5.38. The van der Waals surface area contributed by atoms with Crippen molar-refractivity contribution in [2.45, 2.75) is 18.6 Å². The lowest BCUT2D eigenvalue weighted by molar-refractivity contribution is -0.142. The molecule has 0 spiro atoms. The highest BCUT2D eigenvalue weighted by atomic mass is 19.4. The third-order valence-corrected chi connectivity index (χ3v) is 4.38. The molecule has 0 aliphatic carbocycles. The molecule has 1 heterocycles. The van der Waals surface area contributed by atoms with Crippen LogP contribution < -0.4 is 15.8 Å². The molecular weight excluding hydrogens is 433 g/mol. The number of alkyl halides is 3. The summed E-state index contributed by atoms with van der Waals surface area (Å²) in [5, 5.41) is 1.96. The van der Waals surface area contributed by atoms with Crippen LogP contribution in [-0.4, -0.2) is 31.1 Å². The summed E-state index contributed by atoms with van der Waals surface area (Å²) in [7, 11) is 1.12. The van der Waals surface area contributed by atoms with Crippen LogP contribution in [0, 0.1) is 0 Å². The summed E-state index contributed by atoms with van der Waals surface area (Å²) in [6, 6.07) is 7.78. The molecule has 11 heteroatoms. The summed E-state index contributed by atoms with van der Waals surface area (Å²) in [5.74, 6) is -1.28. The molecule has 2 aromatic carbocycles. The highest BCUT2D eigenvalue weighted by Gasteiger charge is 2.32. The van der Waals surface area contributed by atoms with E-state index in [1.807, 2.05) is 5.32 Å². The van der Waals surface area contributed by atoms with Crippen molar-refractivity contribution in [3.05, 3.63) is 64.9 Å². The minimum atomic E-state index is -4.59. The van der Waals surface area contributed by atoms with Gasteiger partial charge < -0.3 is 19.9 Å². The Balaban J connectivity index is 1.84. The first-order chi connectivity index (χ1) is 15.1. The van der Waals surface area contributed by atoms with Gasteiger partial charge in [0.15, 0.2) is 5.76 Å². The topological polar surface area (TPSA) is 117 Å². The van der Waals surface area contributed by atoms with Gasteiger partial charge in [0.2, 0.25) is 0 Å². The zero-order valence-corrected chi connectivity index (χ0v) is 16.6. The van der Waals surface area contributed by atoms with Crippen LogP contribution in [0.15, 0.2) is 48.2 Å². The number of carbonyl (C=O) groups excluding carboxylic acids is 3.